The molecule has 0 atom stereocenters. The Hall–Kier alpha value is -3.22. The van der Waals surface area contributed by atoms with Crippen LogP contribution in [0.2, 0.25) is 0 Å². The van der Waals surface area contributed by atoms with Crippen molar-refractivity contribution in [2.75, 3.05) is 11.9 Å². The first-order valence-electron chi connectivity index (χ1n) is 8.85. The molecule has 1 aromatic heterocycles. The number of ether oxygens (including phenoxy) is 1. The topological polar surface area (TPSA) is 80.9 Å². The van der Waals surface area contributed by atoms with Gasteiger partial charge in [-0.15, -0.1) is 0 Å². The van der Waals surface area contributed by atoms with Gasteiger partial charge in [0.25, 0.3) is 0 Å². The molecule has 0 amide bonds. The number of para-hydroxylation sites is 1. The van der Waals surface area contributed by atoms with Gasteiger partial charge in [0.15, 0.2) is 5.69 Å². The lowest BCUT2D eigenvalue weighted by Crippen LogP contribution is -2.13. The number of nitrogens with one attached hydrogen (secondary N) is 1. The third-order valence-corrected chi connectivity index (χ3v) is 4.39. The van der Waals surface area contributed by atoms with E-state index in [0.717, 1.165) is 41.1 Å². The van der Waals surface area contributed by atoms with Crippen LogP contribution in [-0.2, 0) is 18.2 Å². The summed E-state index contributed by atoms with van der Waals surface area (Å²) in [6.07, 6.45) is 1.52. The van der Waals surface area contributed by atoms with Crippen LogP contribution in [0, 0.1) is 0 Å². The molecular formula is C20H23N5O2. The molecular weight excluding hydrogens is 342 g/mol. The highest BCUT2D eigenvalue weighted by molar-refractivity contribution is 6.00. The average Bonchev–Trinajstić information content (AvgIpc) is 3.01. The van der Waals surface area contributed by atoms with E-state index < -0.39 is 5.97 Å². The van der Waals surface area contributed by atoms with E-state index in [1.807, 2.05) is 37.3 Å². The largest absolute Gasteiger partial charge is 0.461 e. The van der Waals surface area contributed by atoms with Gasteiger partial charge in [-0.3, -0.25) is 4.68 Å². The highest BCUT2D eigenvalue weighted by Crippen LogP contribution is 2.34. The van der Waals surface area contributed by atoms with Crippen molar-refractivity contribution >= 4 is 30.0 Å². The molecule has 7 heteroatoms. The number of benzene rings is 1. The third kappa shape index (κ3) is 3.81. The van der Waals surface area contributed by atoms with E-state index in [4.69, 9.17) is 9.73 Å². The maximum atomic E-state index is 12.2. The van der Waals surface area contributed by atoms with Crippen molar-refractivity contribution in [1.82, 2.24) is 9.78 Å². The number of nitrogens with zero attached hydrogens (tertiary/aromatic N) is 4. The lowest BCUT2D eigenvalue weighted by Gasteiger charge is -2.17. The van der Waals surface area contributed by atoms with E-state index in [1.165, 1.54) is 0 Å². The highest BCUT2D eigenvalue weighted by Gasteiger charge is 2.28. The first kappa shape index (κ1) is 18.6. The molecule has 0 aliphatic heterocycles. The van der Waals surface area contributed by atoms with Crippen LogP contribution in [0.3, 0.4) is 0 Å². The number of guanidine groups is 1. The molecule has 1 aliphatic rings. The number of rotatable bonds is 4. The molecule has 1 heterocycles. The second kappa shape index (κ2) is 7.99. The maximum Gasteiger partial charge on any atom is 0.359 e. The van der Waals surface area contributed by atoms with Crippen molar-refractivity contribution in [2.45, 2.75) is 26.7 Å². The molecule has 7 nitrogen and oxygen atoms in total. The van der Waals surface area contributed by atoms with E-state index in [2.05, 4.69) is 22.1 Å². The molecule has 0 saturated heterocycles. The number of carbonyl (C=O) groups is 1. The highest BCUT2D eigenvalue weighted by atomic mass is 16.5. The molecule has 27 heavy (non-hydrogen) atoms. The summed E-state index contributed by atoms with van der Waals surface area (Å²) in [5.74, 6) is -0.0102. The zero-order valence-corrected chi connectivity index (χ0v) is 15.8. The maximum absolute atomic E-state index is 12.2. The van der Waals surface area contributed by atoms with Crippen molar-refractivity contribution in [3.05, 3.63) is 52.9 Å². The van der Waals surface area contributed by atoms with Gasteiger partial charge in [0, 0.05) is 18.3 Å². The van der Waals surface area contributed by atoms with Crippen LogP contribution in [-0.4, -0.2) is 35.0 Å². The van der Waals surface area contributed by atoms with Gasteiger partial charge in [-0.1, -0.05) is 18.2 Å². The normalized spacial score (nSPS) is 14.0. The molecule has 1 N–H and O–H groups in total. The van der Waals surface area contributed by atoms with E-state index in [9.17, 15) is 4.79 Å². The predicted octanol–water partition coefficient (Wildman–Crippen LogP) is 3.44. The Morgan fingerprint density at radius 2 is 2.07 bits per heavy atom. The van der Waals surface area contributed by atoms with Gasteiger partial charge < -0.3 is 10.1 Å². The fourth-order valence-corrected chi connectivity index (χ4v) is 3.11. The number of hydrogen-bond acceptors (Lipinski definition) is 4. The third-order valence-electron chi connectivity index (χ3n) is 4.39. The Kier molecular flexibility index (Phi) is 5.49. The van der Waals surface area contributed by atoms with Crippen LogP contribution in [0.1, 0.15) is 42.0 Å². The molecule has 0 bridgehead atoms. The van der Waals surface area contributed by atoms with Gasteiger partial charge in [0.1, 0.15) is 0 Å². The van der Waals surface area contributed by atoms with Gasteiger partial charge in [0.2, 0.25) is 5.96 Å². The molecule has 0 radical (unpaired) electrons. The van der Waals surface area contributed by atoms with Gasteiger partial charge in [0.05, 0.1) is 18.0 Å². The van der Waals surface area contributed by atoms with Crippen molar-refractivity contribution in [3.8, 4) is 0 Å². The smallest absolute Gasteiger partial charge is 0.359 e. The molecule has 0 spiro atoms. The van der Waals surface area contributed by atoms with Crippen LogP contribution in [0.5, 0.6) is 0 Å². The summed E-state index contributed by atoms with van der Waals surface area (Å²) in [4.78, 5) is 21.0. The monoisotopic (exact) mass is 365 g/mol. The van der Waals surface area contributed by atoms with Gasteiger partial charge >= 0.3 is 5.97 Å². The lowest BCUT2D eigenvalue weighted by molar-refractivity contribution is 0.0517. The number of aryl methyl sites for hydroxylation is 1. The Morgan fingerprint density at radius 1 is 1.33 bits per heavy atom. The fraction of sp³-hybridized carbons (Fsp3) is 0.300. The summed E-state index contributed by atoms with van der Waals surface area (Å²) in [5.41, 5.74) is 4.78. The molecule has 1 aromatic carbocycles. The van der Waals surface area contributed by atoms with E-state index in [0.29, 0.717) is 18.3 Å². The summed E-state index contributed by atoms with van der Waals surface area (Å²) in [6.45, 7) is 7.75. The predicted molar refractivity (Wildman–Crippen MR) is 107 cm³/mol. The van der Waals surface area contributed by atoms with E-state index in [-0.39, 0.29) is 0 Å². The molecule has 140 valence electrons. The molecule has 3 rings (SSSR count). The zero-order valence-electron chi connectivity index (χ0n) is 15.8. The van der Waals surface area contributed by atoms with Crippen LogP contribution in [0.15, 0.2) is 45.9 Å². The van der Waals surface area contributed by atoms with Crippen molar-refractivity contribution in [2.24, 2.45) is 17.0 Å². The summed E-state index contributed by atoms with van der Waals surface area (Å²) < 4.78 is 6.83. The number of hydrogen-bond donors (Lipinski definition) is 1. The number of allylic oxidation sites excluding steroid dienone is 1. The van der Waals surface area contributed by atoms with Crippen molar-refractivity contribution < 1.29 is 9.53 Å². The summed E-state index contributed by atoms with van der Waals surface area (Å²) >= 11 is 0. The second-order valence-electron chi connectivity index (χ2n) is 6.23. The number of fused-ring (bicyclic) bond motifs is 1. The standard InChI is InChI=1S/C20H23N5O2/c1-5-27-19(26)17-15-12-11-13(2)16(18(15)25(4)24-17)23-20(21-3)22-14-9-7-6-8-10-14/h6-10H,3,5,11-12H2,1-2,4H3,(H,22,23). The number of aliphatic imine (C=N–C) groups is 2. The van der Waals surface area contributed by atoms with Gasteiger partial charge in [-0.25, -0.2) is 14.8 Å². The van der Waals surface area contributed by atoms with Gasteiger partial charge in [-0.2, -0.15) is 5.10 Å². The fourth-order valence-electron chi connectivity index (χ4n) is 3.11. The Labute approximate surface area is 158 Å². The first-order valence-corrected chi connectivity index (χ1v) is 8.85. The second-order valence-corrected chi connectivity index (χ2v) is 6.23. The summed E-state index contributed by atoms with van der Waals surface area (Å²) in [6, 6.07) is 9.66. The SMILES string of the molecule is C=NC(=NC1=C(C)CCc2c(C(=O)OCC)nn(C)c21)Nc1ccccc1. The number of carbonyl (C=O) groups excluding carboxylic acids is 1. The molecule has 0 fully saturated rings. The molecule has 2 aromatic rings. The molecule has 1 aliphatic carbocycles. The molecule has 0 unspecified atom stereocenters. The zero-order chi connectivity index (χ0) is 19.4. The Morgan fingerprint density at radius 3 is 2.74 bits per heavy atom. The summed E-state index contributed by atoms with van der Waals surface area (Å²) in [7, 11) is 1.81. The number of anilines is 1. The minimum atomic E-state index is -0.401. The van der Waals surface area contributed by atoms with Crippen LogP contribution < -0.4 is 5.32 Å². The quantitative estimate of drug-likeness (QED) is 0.511. The lowest BCUT2D eigenvalue weighted by atomic mass is 9.93. The van der Waals surface area contributed by atoms with Crippen LogP contribution in [0.25, 0.3) is 5.70 Å². The van der Waals surface area contributed by atoms with Crippen molar-refractivity contribution in [1.29, 1.82) is 0 Å². The Balaban J connectivity index is 2.01. The minimum Gasteiger partial charge on any atom is -0.461 e. The minimum absolute atomic E-state index is 0.315. The van der Waals surface area contributed by atoms with E-state index >= 15 is 0 Å². The van der Waals surface area contributed by atoms with Crippen LogP contribution in [0.4, 0.5) is 5.69 Å². The number of aromatic nitrogens is 2. The van der Waals surface area contributed by atoms with Crippen molar-refractivity contribution in [3.63, 3.8) is 0 Å². The average molecular weight is 365 g/mol. The first-order chi connectivity index (χ1) is 13.0. The van der Waals surface area contributed by atoms with Gasteiger partial charge in [-0.05, 0) is 51.1 Å². The summed E-state index contributed by atoms with van der Waals surface area (Å²) in [5, 5.41) is 7.55. The Bertz CT molecular complexity index is 925. The van der Waals surface area contributed by atoms with E-state index in [1.54, 1.807) is 18.7 Å². The van der Waals surface area contributed by atoms with Crippen LogP contribution >= 0.6 is 0 Å². The molecule has 0 saturated carbocycles. The number of esters is 1.